The molecule has 5 aromatic rings. The smallest absolute Gasteiger partial charge is 0.236 e. The topological polar surface area (TPSA) is 187 Å². The molecule has 2 aliphatic carbocycles. The Morgan fingerprint density at radius 2 is 1.79 bits per heavy atom. The number of piperidine rings is 1. The molecule has 296 valence electrons. The molecule has 0 spiro atoms. The number of carbonyl (C=O) groups is 2. The van der Waals surface area contributed by atoms with Crippen molar-refractivity contribution >= 4 is 34.2 Å². The molecule has 2 atom stereocenters. The van der Waals surface area contributed by atoms with E-state index in [-0.39, 0.29) is 11.8 Å². The van der Waals surface area contributed by atoms with Crippen LogP contribution in [0.15, 0.2) is 61.2 Å². The Kier molecular flexibility index (Phi) is 9.64. The molecule has 0 bridgehead atoms. The number of fused-ring (bicyclic) bond motifs is 1. The number of aromatic nitrogens is 7. The van der Waals surface area contributed by atoms with Crippen molar-refractivity contribution in [2.45, 2.75) is 94.5 Å². The number of amides is 2. The standard InChI is InChI=1S/C43H47N13O2/c1-28-25-53(17-18-54(28)34-9-7-33(8-10-34)42(2)13-11-39(57)49-41(42)58)16-12-29-3-5-31(6-4-29)36-26-55(52-51-36)37-24-46-38(20-35(37)50-43(27-45)14-15-43)56-40-32(23-48-56)19-30(21-44)22-47-40/h7-10,19-20,22-24,26,28-29,31H,3-6,11-18,25H2,1-2H3,(H,46,50)(H,49,57,58)/t28-,29?,31?,42-/m1/s1. The van der Waals surface area contributed by atoms with E-state index in [1.807, 2.05) is 19.2 Å². The fourth-order valence-electron chi connectivity index (χ4n) is 9.05. The number of piperazine rings is 1. The Balaban J connectivity index is 0.795. The summed E-state index contributed by atoms with van der Waals surface area (Å²) in [6.07, 6.45) is 15.0. The Morgan fingerprint density at radius 3 is 2.52 bits per heavy atom. The molecule has 58 heavy (non-hydrogen) atoms. The second-order valence-corrected chi connectivity index (χ2v) is 16.9. The molecule has 2 saturated heterocycles. The predicted molar refractivity (Wildman–Crippen MR) is 216 cm³/mol. The van der Waals surface area contributed by atoms with Crippen molar-refractivity contribution in [1.29, 1.82) is 10.5 Å². The quantitative estimate of drug-likeness (QED) is 0.175. The molecule has 4 aliphatic rings. The highest BCUT2D eigenvalue weighted by molar-refractivity contribution is 6.03. The molecule has 4 fully saturated rings. The molecule has 6 heterocycles. The summed E-state index contributed by atoms with van der Waals surface area (Å²) in [6, 6.07) is 16.9. The van der Waals surface area contributed by atoms with E-state index in [1.165, 1.54) is 31.1 Å². The van der Waals surface area contributed by atoms with E-state index >= 15 is 0 Å². The van der Waals surface area contributed by atoms with E-state index in [1.54, 1.807) is 27.8 Å². The maximum atomic E-state index is 12.7. The predicted octanol–water partition coefficient (Wildman–Crippen LogP) is 5.30. The minimum absolute atomic E-state index is 0.191. The minimum Gasteiger partial charge on any atom is -0.366 e. The van der Waals surface area contributed by atoms with Gasteiger partial charge in [-0.25, -0.2) is 14.6 Å². The number of nitrogens with one attached hydrogen (secondary N) is 2. The minimum atomic E-state index is -0.677. The third-order valence-electron chi connectivity index (χ3n) is 13.0. The molecular formula is C43H47N13O2. The van der Waals surface area contributed by atoms with Gasteiger partial charge in [-0.2, -0.15) is 20.3 Å². The van der Waals surface area contributed by atoms with Gasteiger partial charge in [0.25, 0.3) is 0 Å². The van der Waals surface area contributed by atoms with Gasteiger partial charge < -0.3 is 10.2 Å². The number of rotatable bonds is 10. The van der Waals surface area contributed by atoms with E-state index < -0.39 is 11.0 Å². The highest BCUT2D eigenvalue weighted by Gasteiger charge is 2.44. The molecule has 2 N–H and O–H groups in total. The Labute approximate surface area is 337 Å². The lowest BCUT2D eigenvalue weighted by molar-refractivity contribution is -0.137. The Bertz CT molecular complexity index is 2450. The van der Waals surface area contributed by atoms with E-state index in [9.17, 15) is 20.1 Å². The highest BCUT2D eigenvalue weighted by Crippen LogP contribution is 2.41. The third kappa shape index (κ3) is 7.15. The Hall–Kier alpha value is -6.19. The van der Waals surface area contributed by atoms with E-state index in [4.69, 9.17) is 4.98 Å². The highest BCUT2D eigenvalue weighted by atomic mass is 16.2. The first kappa shape index (κ1) is 37.4. The van der Waals surface area contributed by atoms with Crippen molar-refractivity contribution in [3.8, 4) is 23.6 Å². The van der Waals surface area contributed by atoms with Gasteiger partial charge >= 0.3 is 0 Å². The van der Waals surface area contributed by atoms with E-state index in [0.29, 0.717) is 59.1 Å². The van der Waals surface area contributed by atoms with Crippen LogP contribution < -0.4 is 15.5 Å². The van der Waals surface area contributed by atoms with Crippen LogP contribution in [0.5, 0.6) is 0 Å². The average molecular weight is 778 g/mol. The van der Waals surface area contributed by atoms with Crippen molar-refractivity contribution in [3.05, 3.63) is 78.0 Å². The van der Waals surface area contributed by atoms with Gasteiger partial charge in [0.1, 0.15) is 17.3 Å². The largest absolute Gasteiger partial charge is 0.366 e. The molecule has 0 radical (unpaired) electrons. The fraction of sp³-hybridized carbons (Fsp3) is 0.465. The molecular weight excluding hydrogens is 731 g/mol. The Morgan fingerprint density at radius 1 is 0.983 bits per heavy atom. The first-order valence-corrected chi connectivity index (χ1v) is 20.4. The fourth-order valence-corrected chi connectivity index (χ4v) is 9.05. The molecule has 2 aliphatic heterocycles. The number of nitrogens with zero attached hydrogens (tertiary/aromatic N) is 11. The number of hydrogen-bond donors (Lipinski definition) is 2. The molecule has 9 rings (SSSR count). The van der Waals surface area contributed by atoms with Gasteiger partial charge in [-0.15, -0.1) is 5.10 Å². The zero-order valence-corrected chi connectivity index (χ0v) is 32.9. The maximum absolute atomic E-state index is 12.7. The summed E-state index contributed by atoms with van der Waals surface area (Å²) in [6.45, 7) is 8.32. The summed E-state index contributed by atoms with van der Waals surface area (Å²) in [4.78, 5) is 38.6. The maximum Gasteiger partial charge on any atom is 0.236 e. The number of hydrogen-bond acceptors (Lipinski definition) is 12. The van der Waals surface area contributed by atoms with Crippen LogP contribution in [0.3, 0.4) is 0 Å². The van der Waals surface area contributed by atoms with Crippen LogP contribution in [0.1, 0.15) is 94.4 Å². The third-order valence-corrected chi connectivity index (χ3v) is 13.0. The number of nitriles is 2. The molecule has 4 aromatic heterocycles. The number of carbonyl (C=O) groups excluding carboxylic acids is 2. The summed E-state index contributed by atoms with van der Waals surface area (Å²) >= 11 is 0. The van der Waals surface area contributed by atoms with Crippen LogP contribution in [0.4, 0.5) is 11.4 Å². The van der Waals surface area contributed by atoms with Crippen LogP contribution >= 0.6 is 0 Å². The summed E-state index contributed by atoms with van der Waals surface area (Å²) in [5.74, 6) is 1.17. The summed E-state index contributed by atoms with van der Waals surface area (Å²) < 4.78 is 3.40. The summed E-state index contributed by atoms with van der Waals surface area (Å²) in [7, 11) is 0. The summed E-state index contributed by atoms with van der Waals surface area (Å²) in [5, 5.41) is 39.6. The molecule has 2 saturated carbocycles. The van der Waals surface area contributed by atoms with E-state index in [0.717, 1.165) is 68.5 Å². The van der Waals surface area contributed by atoms with Crippen molar-refractivity contribution in [2.24, 2.45) is 5.92 Å². The van der Waals surface area contributed by atoms with Gasteiger partial charge in [0.05, 0.1) is 47.0 Å². The zero-order valence-electron chi connectivity index (χ0n) is 32.9. The molecule has 1 aromatic carbocycles. The lowest BCUT2D eigenvalue weighted by Crippen LogP contribution is -2.52. The van der Waals surface area contributed by atoms with Gasteiger partial charge in [-0.3, -0.25) is 19.8 Å². The normalized spacial score (nSPS) is 24.6. The van der Waals surface area contributed by atoms with Gasteiger partial charge in [-0.1, -0.05) is 17.3 Å². The average Bonchev–Trinajstić information content (AvgIpc) is 3.62. The lowest BCUT2D eigenvalue weighted by atomic mass is 9.75. The number of pyridine rings is 2. The lowest BCUT2D eigenvalue weighted by Gasteiger charge is -2.42. The second-order valence-electron chi connectivity index (χ2n) is 16.9. The van der Waals surface area contributed by atoms with Gasteiger partial charge in [-0.05, 0) is 101 Å². The van der Waals surface area contributed by atoms with Crippen LogP contribution in [-0.2, 0) is 15.0 Å². The molecule has 2 amide bonds. The number of anilines is 2. The van der Waals surface area contributed by atoms with Gasteiger partial charge in [0.2, 0.25) is 11.8 Å². The zero-order chi connectivity index (χ0) is 40.0. The van der Waals surface area contributed by atoms with Gasteiger partial charge in [0.15, 0.2) is 11.5 Å². The van der Waals surface area contributed by atoms with Crippen molar-refractivity contribution in [1.82, 2.24) is 45.0 Å². The van der Waals surface area contributed by atoms with Crippen LogP contribution in [0, 0.1) is 28.6 Å². The first-order chi connectivity index (χ1) is 28.1. The SMILES string of the molecule is C[C@@H]1CN(CCC2CCC(c3cn(-c4cnc(-n5ncc6cc(C#N)cnc65)cc4NC4(C#N)CC4)nn3)CC2)CCN1c1ccc([C@@]2(C)CCC(=O)NC2=O)cc1. The van der Waals surface area contributed by atoms with Crippen molar-refractivity contribution in [2.75, 3.05) is 36.4 Å². The molecule has 15 nitrogen and oxygen atoms in total. The second kappa shape index (κ2) is 15.0. The van der Waals surface area contributed by atoms with Crippen LogP contribution in [-0.4, -0.2) is 89.2 Å². The molecule has 15 heteroatoms. The van der Waals surface area contributed by atoms with Crippen LogP contribution in [0.2, 0.25) is 0 Å². The monoisotopic (exact) mass is 777 g/mol. The summed E-state index contributed by atoms with van der Waals surface area (Å²) in [5.41, 5.74) is 4.28. The number of benzene rings is 1. The van der Waals surface area contributed by atoms with Gasteiger partial charge in [0, 0.05) is 61.4 Å². The van der Waals surface area contributed by atoms with Crippen molar-refractivity contribution in [3.63, 3.8) is 0 Å². The first-order valence-electron chi connectivity index (χ1n) is 20.4. The van der Waals surface area contributed by atoms with Crippen LogP contribution in [0.25, 0.3) is 22.5 Å². The van der Waals surface area contributed by atoms with Crippen molar-refractivity contribution < 1.29 is 9.59 Å². The number of imide groups is 1. The molecule has 0 unspecified atom stereocenters. The van der Waals surface area contributed by atoms with E-state index in [2.05, 4.69) is 84.2 Å².